The van der Waals surface area contributed by atoms with Crippen LogP contribution in [0.25, 0.3) is 11.1 Å². The molecule has 34 heavy (non-hydrogen) atoms. The van der Waals surface area contributed by atoms with E-state index < -0.39 is 0 Å². The van der Waals surface area contributed by atoms with Crippen LogP contribution >= 0.6 is 0 Å². The zero-order chi connectivity index (χ0) is 24.5. The fourth-order valence-corrected chi connectivity index (χ4v) is 4.54. The quantitative estimate of drug-likeness (QED) is 0.309. The lowest BCUT2D eigenvalue weighted by atomic mass is 9.77. The van der Waals surface area contributed by atoms with Crippen molar-refractivity contribution in [3.05, 3.63) is 125 Å². The zero-order valence-corrected chi connectivity index (χ0v) is 21.3. The van der Waals surface area contributed by atoms with E-state index in [4.69, 9.17) is 0 Å². The minimum Gasteiger partial charge on any atom is -0.508 e. The largest absolute Gasteiger partial charge is 0.508 e. The lowest BCUT2D eigenvalue weighted by molar-refractivity contribution is 0.475. The molecule has 0 saturated heterocycles. The zero-order valence-electron chi connectivity index (χ0n) is 21.3. The Morgan fingerprint density at radius 1 is 0.559 bits per heavy atom. The Kier molecular flexibility index (Phi) is 6.41. The van der Waals surface area contributed by atoms with Crippen molar-refractivity contribution in [2.24, 2.45) is 0 Å². The molecule has 0 aromatic heterocycles. The van der Waals surface area contributed by atoms with E-state index in [9.17, 15) is 5.11 Å². The first-order chi connectivity index (χ1) is 16.0. The van der Waals surface area contributed by atoms with Gasteiger partial charge in [0.15, 0.2) is 0 Å². The molecule has 1 nitrogen and oxygen atoms in total. The van der Waals surface area contributed by atoms with Gasteiger partial charge >= 0.3 is 0 Å². The lowest BCUT2D eigenvalue weighted by Crippen LogP contribution is -2.13. The third-order valence-electron chi connectivity index (χ3n) is 6.65. The van der Waals surface area contributed by atoms with Crippen LogP contribution in [0, 0.1) is 0 Å². The predicted molar refractivity (Wildman–Crippen MR) is 145 cm³/mol. The Balaban J connectivity index is 1.95. The van der Waals surface area contributed by atoms with Crippen molar-refractivity contribution in [1.82, 2.24) is 0 Å². The van der Waals surface area contributed by atoms with E-state index in [2.05, 4.69) is 114 Å². The molecular weight excluding hydrogens is 412 g/mol. The van der Waals surface area contributed by atoms with E-state index in [0.29, 0.717) is 0 Å². The molecule has 1 atom stereocenters. The molecule has 1 unspecified atom stereocenters. The molecule has 4 aromatic rings. The van der Waals surface area contributed by atoms with Crippen LogP contribution in [0.4, 0.5) is 0 Å². The molecule has 0 heterocycles. The second kappa shape index (κ2) is 9.14. The van der Waals surface area contributed by atoms with E-state index in [0.717, 1.165) is 0 Å². The fraction of sp³-hybridized carbons (Fsp3) is 0.273. The van der Waals surface area contributed by atoms with Gasteiger partial charge in [-0.15, -0.1) is 0 Å². The van der Waals surface area contributed by atoms with E-state index in [1.807, 2.05) is 12.1 Å². The van der Waals surface area contributed by atoms with Crippen LogP contribution < -0.4 is 0 Å². The van der Waals surface area contributed by atoms with E-state index >= 15 is 0 Å². The van der Waals surface area contributed by atoms with Crippen LogP contribution in [0.15, 0.2) is 97.1 Å². The van der Waals surface area contributed by atoms with Gasteiger partial charge in [-0.2, -0.15) is 0 Å². The Morgan fingerprint density at radius 3 is 1.59 bits per heavy atom. The molecule has 0 aliphatic heterocycles. The monoisotopic (exact) mass is 448 g/mol. The van der Waals surface area contributed by atoms with Gasteiger partial charge in [0.1, 0.15) is 5.75 Å². The second-order valence-electron chi connectivity index (χ2n) is 11.3. The molecule has 0 bridgehead atoms. The minimum atomic E-state index is 0.0545. The summed E-state index contributed by atoms with van der Waals surface area (Å²) in [5.74, 6) is 0.343. The molecule has 0 aliphatic rings. The van der Waals surface area contributed by atoms with Gasteiger partial charge < -0.3 is 5.11 Å². The summed E-state index contributed by atoms with van der Waals surface area (Å²) in [6.45, 7) is 13.5. The highest BCUT2D eigenvalue weighted by atomic mass is 16.3. The van der Waals surface area contributed by atoms with Crippen molar-refractivity contribution in [3.63, 3.8) is 0 Å². The maximum absolute atomic E-state index is 9.96. The number of rotatable bonds is 4. The van der Waals surface area contributed by atoms with Crippen LogP contribution in [0.5, 0.6) is 5.75 Å². The Labute approximate surface area is 205 Å². The number of hydrogen-bond acceptors (Lipinski definition) is 1. The minimum absolute atomic E-state index is 0.0545. The van der Waals surface area contributed by atoms with Crippen molar-refractivity contribution in [2.75, 3.05) is 0 Å². The summed E-state index contributed by atoms with van der Waals surface area (Å²) in [5.41, 5.74) is 8.98. The van der Waals surface area contributed by atoms with Gasteiger partial charge in [-0.3, -0.25) is 0 Å². The third-order valence-corrected chi connectivity index (χ3v) is 6.65. The molecule has 0 saturated carbocycles. The Morgan fingerprint density at radius 2 is 1.06 bits per heavy atom. The molecule has 0 spiro atoms. The van der Waals surface area contributed by atoms with Gasteiger partial charge in [-0.05, 0) is 61.9 Å². The molecule has 0 aliphatic carbocycles. The summed E-state index contributed by atoms with van der Waals surface area (Å²) in [7, 11) is 0. The maximum Gasteiger partial charge on any atom is 0.115 e. The molecule has 0 radical (unpaired) electrons. The number of benzene rings is 4. The van der Waals surface area contributed by atoms with Crippen molar-refractivity contribution >= 4 is 0 Å². The van der Waals surface area contributed by atoms with Crippen LogP contribution in [0.3, 0.4) is 0 Å². The predicted octanol–water partition coefficient (Wildman–Crippen LogP) is 8.83. The lowest BCUT2D eigenvalue weighted by Gasteiger charge is -2.27. The van der Waals surface area contributed by atoms with E-state index in [1.54, 1.807) is 12.1 Å². The van der Waals surface area contributed by atoms with Crippen molar-refractivity contribution < 1.29 is 5.11 Å². The first kappa shape index (κ1) is 23.8. The average Bonchev–Trinajstić information content (AvgIpc) is 2.80. The van der Waals surface area contributed by atoms with Crippen LogP contribution in [-0.4, -0.2) is 5.11 Å². The summed E-state index contributed by atoms with van der Waals surface area (Å²) in [5, 5.41) is 9.96. The topological polar surface area (TPSA) is 20.2 Å². The number of aromatic hydroxyl groups is 1. The summed E-state index contributed by atoms with van der Waals surface area (Å²) >= 11 is 0. The van der Waals surface area contributed by atoms with Crippen molar-refractivity contribution in [2.45, 2.75) is 58.3 Å². The first-order valence-electron chi connectivity index (χ1n) is 12.1. The Hall–Kier alpha value is -3.32. The number of phenols is 1. The van der Waals surface area contributed by atoms with Gasteiger partial charge in [-0.25, -0.2) is 0 Å². The standard InChI is InChI=1S/C33H36O/c1-32(2,3)26-16-12-24(13-17-26)31(25-14-19-28(34)20-15-25)29-21-18-27(33(4,5)6)22-30(29)23-10-8-7-9-11-23/h7-22,31,34H,1-6H3. The molecule has 4 rings (SSSR count). The summed E-state index contributed by atoms with van der Waals surface area (Å²) in [6.07, 6.45) is 0. The normalized spacial score (nSPS) is 13.0. The summed E-state index contributed by atoms with van der Waals surface area (Å²) in [4.78, 5) is 0. The smallest absolute Gasteiger partial charge is 0.115 e. The van der Waals surface area contributed by atoms with E-state index in [1.165, 1.54) is 38.9 Å². The fourth-order valence-electron chi connectivity index (χ4n) is 4.54. The number of hydrogen-bond donors (Lipinski definition) is 1. The van der Waals surface area contributed by atoms with Crippen molar-refractivity contribution in [3.8, 4) is 16.9 Å². The van der Waals surface area contributed by atoms with E-state index in [-0.39, 0.29) is 22.5 Å². The molecular formula is C33H36O. The first-order valence-corrected chi connectivity index (χ1v) is 12.1. The second-order valence-corrected chi connectivity index (χ2v) is 11.3. The third kappa shape index (κ3) is 5.09. The van der Waals surface area contributed by atoms with Gasteiger partial charge in [0, 0.05) is 5.92 Å². The SMILES string of the molecule is CC(C)(C)c1ccc(C(c2ccc(O)cc2)c2ccc(C(C)(C)C)cc2-c2ccccc2)cc1. The van der Waals surface area contributed by atoms with Gasteiger partial charge in [0.05, 0.1) is 0 Å². The van der Waals surface area contributed by atoms with Crippen molar-refractivity contribution in [1.29, 1.82) is 0 Å². The highest BCUT2D eigenvalue weighted by molar-refractivity contribution is 5.71. The molecule has 1 heteroatoms. The molecule has 0 amide bonds. The molecule has 1 N–H and O–H groups in total. The van der Waals surface area contributed by atoms with Gasteiger partial charge in [-0.1, -0.05) is 126 Å². The number of phenolic OH excluding ortho intramolecular Hbond substituents is 1. The highest BCUT2D eigenvalue weighted by Gasteiger charge is 2.24. The average molecular weight is 449 g/mol. The molecule has 174 valence electrons. The van der Waals surface area contributed by atoms with Gasteiger partial charge in [0.2, 0.25) is 0 Å². The highest BCUT2D eigenvalue weighted by Crippen LogP contribution is 2.41. The van der Waals surface area contributed by atoms with Gasteiger partial charge in [0.25, 0.3) is 0 Å². The Bertz CT molecular complexity index is 1240. The van der Waals surface area contributed by atoms with Crippen LogP contribution in [-0.2, 0) is 10.8 Å². The van der Waals surface area contributed by atoms with Crippen LogP contribution in [0.1, 0.15) is 75.3 Å². The summed E-state index contributed by atoms with van der Waals surface area (Å²) < 4.78 is 0. The maximum atomic E-state index is 9.96. The summed E-state index contributed by atoms with van der Waals surface area (Å²) in [6, 6.07) is 34.3. The molecule has 4 aromatic carbocycles. The van der Waals surface area contributed by atoms with Crippen LogP contribution in [0.2, 0.25) is 0 Å². The molecule has 0 fully saturated rings.